The molecular formula is C17H28IN7O. The van der Waals surface area contributed by atoms with E-state index < -0.39 is 0 Å². The smallest absolute Gasteiger partial charge is 0.225 e. The van der Waals surface area contributed by atoms with Gasteiger partial charge in [0.15, 0.2) is 5.96 Å². The number of anilines is 1. The molecule has 1 saturated carbocycles. The van der Waals surface area contributed by atoms with Crippen LogP contribution in [0, 0.1) is 5.92 Å². The highest BCUT2D eigenvalue weighted by molar-refractivity contribution is 14.0. The number of aromatic nitrogens is 2. The summed E-state index contributed by atoms with van der Waals surface area (Å²) in [4.78, 5) is 29.1. The summed E-state index contributed by atoms with van der Waals surface area (Å²) in [5.41, 5.74) is 0. The molecule has 0 spiro atoms. The SMILES string of the molecule is CN=C(NCCC(=O)N1CCN(c2ncccn2)CC1)NCC1CC1.I. The van der Waals surface area contributed by atoms with E-state index in [0.29, 0.717) is 26.1 Å². The number of nitrogens with one attached hydrogen (secondary N) is 2. The van der Waals surface area contributed by atoms with Gasteiger partial charge in [0.05, 0.1) is 0 Å². The molecule has 2 heterocycles. The van der Waals surface area contributed by atoms with Crippen LogP contribution in [0.5, 0.6) is 0 Å². The van der Waals surface area contributed by atoms with Crippen LogP contribution in [-0.2, 0) is 4.79 Å². The Kier molecular flexibility index (Phi) is 8.33. The first-order chi connectivity index (χ1) is 12.3. The van der Waals surface area contributed by atoms with Crippen molar-refractivity contribution >= 4 is 41.8 Å². The van der Waals surface area contributed by atoms with Crippen molar-refractivity contribution in [2.75, 3.05) is 51.2 Å². The summed E-state index contributed by atoms with van der Waals surface area (Å²) in [7, 11) is 1.76. The minimum Gasteiger partial charge on any atom is -0.356 e. The summed E-state index contributed by atoms with van der Waals surface area (Å²) in [6.07, 6.45) is 6.59. The molecule has 2 N–H and O–H groups in total. The lowest BCUT2D eigenvalue weighted by Crippen LogP contribution is -2.50. The highest BCUT2D eigenvalue weighted by Gasteiger charge is 2.23. The zero-order chi connectivity index (χ0) is 17.5. The Hall–Kier alpha value is -1.65. The third-order valence-corrected chi connectivity index (χ3v) is 4.58. The van der Waals surface area contributed by atoms with E-state index in [9.17, 15) is 4.79 Å². The van der Waals surface area contributed by atoms with E-state index in [4.69, 9.17) is 0 Å². The monoisotopic (exact) mass is 473 g/mol. The molecule has 1 aliphatic heterocycles. The Labute approximate surface area is 171 Å². The van der Waals surface area contributed by atoms with Gasteiger partial charge in [0.2, 0.25) is 11.9 Å². The molecule has 1 amide bonds. The zero-order valence-corrected chi connectivity index (χ0v) is 17.6. The van der Waals surface area contributed by atoms with Crippen LogP contribution in [-0.4, -0.2) is 73.1 Å². The summed E-state index contributed by atoms with van der Waals surface area (Å²) in [5.74, 6) is 2.50. The fourth-order valence-electron chi connectivity index (χ4n) is 2.84. The molecule has 2 fully saturated rings. The van der Waals surface area contributed by atoms with E-state index in [-0.39, 0.29) is 29.9 Å². The molecule has 0 radical (unpaired) electrons. The molecule has 2 aliphatic rings. The van der Waals surface area contributed by atoms with Crippen LogP contribution in [0.2, 0.25) is 0 Å². The number of amides is 1. The molecular weight excluding hydrogens is 445 g/mol. The quantitative estimate of drug-likeness (QED) is 0.360. The predicted octanol–water partition coefficient (Wildman–Crippen LogP) is 0.708. The fraction of sp³-hybridized carbons (Fsp3) is 0.647. The third-order valence-electron chi connectivity index (χ3n) is 4.58. The van der Waals surface area contributed by atoms with Crippen LogP contribution in [0.3, 0.4) is 0 Å². The average Bonchev–Trinajstić information content (AvgIpc) is 3.49. The number of aliphatic imine (C=N–C) groups is 1. The second kappa shape index (κ2) is 10.5. The standard InChI is InChI=1S/C17H27N7O.HI/c1-18-16(22-13-14-3-4-14)19-8-5-15(25)23-9-11-24(12-10-23)17-20-6-2-7-21-17;/h2,6-7,14H,3-5,8-13H2,1H3,(H2,18,19,22);1H. The van der Waals surface area contributed by atoms with Crippen molar-refractivity contribution in [3.05, 3.63) is 18.5 Å². The Morgan fingerprint density at radius 3 is 2.50 bits per heavy atom. The van der Waals surface area contributed by atoms with Crippen molar-refractivity contribution in [3.8, 4) is 0 Å². The van der Waals surface area contributed by atoms with Gasteiger partial charge in [-0.1, -0.05) is 0 Å². The maximum Gasteiger partial charge on any atom is 0.225 e. The fourth-order valence-corrected chi connectivity index (χ4v) is 2.84. The highest BCUT2D eigenvalue weighted by Crippen LogP contribution is 2.27. The Morgan fingerprint density at radius 1 is 1.19 bits per heavy atom. The van der Waals surface area contributed by atoms with Gasteiger partial charge in [0.25, 0.3) is 0 Å². The van der Waals surface area contributed by atoms with Crippen LogP contribution in [0.1, 0.15) is 19.3 Å². The zero-order valence-electron chi connectivity index (χ0n) is 15.2. The Bertz CT molecular complexity index is 586. The molecule has 0 aromatic carbocycles. The van der Waals surface area contributed by atoms with Crippen LogP contribution in [0.25, 0.3) is 0 Å². The van der Waals surface area contributed by atoms with Gasteiger partial charge >= 0.3 is 0 Å². The van der Waals surface area contributed by atoms with Crippen molar-refractivity contribution < 1.29 is 4.79 Å². The molecule has 26 heavy (non-hydrogen) atoms. The molecule has 1 aromatic rings. The number of rotatable bonds is 6. The third kappa shape index (κ3) is 6.26. The second-order valence-corrected chi connectivity index (χ2v) is 6.49. The number of hydrogen-bond donors (Lipinski definition) is 2. The molecule has 1 aromatic heterocycles. The first kappa shape index (κ1) is 20.7. The van der Waals surface area contributed by atoms with Gasteiger partial charge in [-0.2, -0.15) is 0 Å². The first-order valence-electron chi connectivity index (χ1n) is 9.00. The van der Waals surface area contributed by atoms with Crippen LogP contribution >= 0.6 is 24.0 Å². The minimum atomic E-state index is 0. The van der Waals surface area contributed by atoms with E-state index in [2.05, 4.69) is 30.5 Å². The lowest BCUT2D eigenvalue weighted by Gasteiger charge is -2.34. The number of carbonyl (C=O) groups excluding carboxylic acids is 1. The number of hydrogen-bond acceptors (Lipinski definition) is 5. The Morgan fingerprint density at radius 2 is 1.88 bits per heavy atom. The van der Waals surface area contributed by atoms with Crippen molar-refractivity contribution in [2.24, 2.45) is 10.9 Å². The van der Waals surface area contributed by atoms with Crippen molar-refractivity contribution in [3.63, 3.8) is 0 Å². The van der Waals surface area contributed by atoms with E-state index in [1.807, 2.05) is 11.0 Å². The van der Waals surface area contributed by atoms with E-state index >= 15 is 0 Å². The number of piperazine rings is 1. The second-order valence-electron chi connectivity index (χ2n) is 6.49. The summed E-state index contributed by atoms with van der Waals surface area (Å²) in [6.45, 7) is 4.54. The minimum absolute atomic E-state index is 0. The van der Waals surface area contributed by atoms with Crippen molar-refractivity contribution in [2.45, 2.75) is 19.3 Å². The first-order valence-corrected chi connectivity index (χ1v) is 9.00. The lowest BCUT2D eigenvalue weighted by atomic mass is 10.3. The van der Waals surface area contributed by atoms with E-state index in [0.717, 1.165) is 37.5 Å². The summed E-state index contributed by atoms with van der Waals surface area (Å²) in [6, 6.07) is 1.81. The van der Waals surface area contributed by atoms with Crippen molar-refractivity contribution in [1.82, 2.24) is 25.5 Å². The molecule has 0 bridgehead atoms. The molecule has 1 saturated heterocycles. The molecule has 0 atom stereocenters. The molecule has 8 nitrogen and oxygen atoms in total. The van der Waals surface area contributed by atoms with Crippen LogP contribution < -0.4 is 15.5 Å². The van der Waals surface area contributed by atoms with Gasteiger partial charge in [-0.05, 0) is 24.8 Å². The topological polar surface area (TPSA) is 85.8 Å². The maximum atomic E-state index is 12.4. The number of halogens is 1. The molecule has 3 rings (SSSR count). The maximum absolute atomic E-state index is 12.4. The molecule has 1 aliphatic carbocycles. The lowest BCUT2D eigenvalue weighted by molar-refractivity contribution is -0.131. The van der Waals surface area contributed by atoms with Crippen LogP contribution in [0.4, 0.5) is 5.95 Å². The molecule has 0 unspecified atom stereocenters. The summed E-state index contributed by atoms with van der Waals surface area (Å²) < 4.78 is 0. The van der Waals surface area contributed by atoms with E-state index in [1.54, 1.807) is 19.4 Å². The Balaban J connectivity index is 0.00000243. The average molecular weight is 473 g/mol. The largest absolute Gasteiger partial charge is 0.356 e. The van der Waals surface area contributed by atoms with Gasteiger partial charge in [0, 0.05) is 65.1 Å². The van der Waals surface area contributed by atoms with Gasteiger partial charge in [-0.3, -0.25) is 9.79 Å². The highest BCUT2D eigenvalue weighted by atomic mass is 127. The molecule has 9 heteroatoms. The summed E-state index contributed by atoms with van der Waals surface area (Å²) in [5, 5.41) is 6.52. The molecule has 144 valence electrons. The van der Waals surface area contributed by atoms with Crippen LogP contribution in [0.15, 0.2) is 23.5 Å². The normalized spacial score (nSPS) is 17.5. The van der Waals surface area contributed by atoms with Gasteiger partial charge in [-0.25, -0.2) is 9.97 Å². The van der Waals surface area contributed by atoms with Crippen molar-refractivity contribution in [1.29, 1.82) is 0 Å². The van der Waals surface area contributed by atoms with E-state index in [1.165, 1.54) is 12.8 Å². The van der Waals surface area contributed by atoms with Gasteiger partial charge < -0.3 is 20.4 Å². The number of carbonyl (C=O) groups is 1. The number of nitrogens with zero attached hydrogens (tertiary/aromatic N) is 5. The summed E-state index contributed by atoms with van der Waals surface area (Å²) >= 11 is 0. The van der Waals surface area contributed by atoms with Gasteiger partial charge in [-0.15, -0.1) is 24.0 Å². The van der Waals surface area contributed by atoms with Gasteiger partial charge in [0.1, 0.15) is 0 Å². The number of guanidine groups is 1. The predicted molar refractivity (Wildman–Crippen MR) is 113 cm³/mol.